The number of rotatable bonds is 7. The average molecular weight is 472 g/mol. The number of hydrogen-bond acceptors (Lipinski definition) is 5. The van der Waals surface area contributed by atoms with Crippen molar-refractivity contribution in [1.29, 1.82) is 0 Å². The number of pyridine rings is 1. The standard InChI is InChI=1S/C26H31ClFN3O2/c1-15(2)24(16-5-6-21(27)22(28)12-16)31-26-25(33-26)17-3-4-18-14-29-23(13-19(18)11-17)30-20-7-9-32-10-8-20/h3-6,12-15,17,20,24-26,31H,7-11H2,1-2H3,(H,29,30). The molecule has 4 unspecified atom stereocenters. The van der Waals surface area contributed by atoms with Gasteiger partial charge in [-0.05, 0) is 60.1 Å². The largest absolute Gasteiger partial charge is 0.381 e. The third-order valence-electron chi connectivity index (χ3n) is 6.84. The van der Waals surface area contributed by atoms with Crippen molar-refractivity contribution >= 4 is 23.5 Å². The van der Waals surface area contributed by atoms with Gasteiger partial charge in [-0.3, -0.25) is 5.32 Å². The number of fused-ring (bicyclic) bond motifs is 1. The van der Waals surface area contributed by atoms with Crippen molar-refractivity contribution in [2.24, 2.45) is 11.8 Å². The van der Waals surface area contributed by atoms with Gasteiger partial charge in [-0.15, -0.1) is 0 Å². The number of benzene rings is 1. The number of aromatic nitrogens is 1. The number of halogens is 2. The van der Waals surface area contributed by atoms with Crippen LogP contribution < -0.4 is 10.6 Å². The Hall–Kier alpha value is -1.99. The normalized spacial score (nSPS) is 25.7. The SMILES string of the molecule is CC(C)C(NC1OC1C1C=Cc2cnc(NC3CCOCC3)cc2C1)c1ccc(Cl)c(F)c1. The van der Waals surface area contributed by atoms with Crippen LogP contribution in [0.1, 0.15) is 49.4 Å². The van der Waals surface area contributed by atoms with E-state index >= 15 is 0 Å². The summed E-state index contributed by atoms with van der Waals surface area (Å²) in [5, 5.41) is 7.30. The number of epoxide rings is 1. The molecular weight excluding hydrogens is 441 g/mol. The van der Waals surface area contributed by atoms with Crippen molar-refractivity contribution in [2.45, 2.75) is 57.5 Å². The van der Waals surface area contributed by atoms with E-state index in [4.69, 9.17) is 21.1 Å². The molecule has 2 aromatic rings. The second-order valence-corrected chi connectivity index (χ2v) is 10.0. The molecule has 5 nitrogen and oxygen atoms in total. The molecule has 2 N–H and O–H groups in total. The molecule has 2 saturated heterocycles. The van der Waals surface area contributed by atoms with Crippen LogP contribution >= 0.6 is 11.6 Å². The lowest BCUT2D eigenvalue weighted by Crippen LogP contribution is -2.31. The van der Waals surface area contributed by atoms with Crippen LogP contribution in [0.15, 0.2) is 36.5 Å². The molecule has 1 aromatic heterocycles. The molecule has 0 radical (unpaired) electrons. The van der Waals surface area contributed by atoms with Gasteiger partial charge in [-0.2, -0.15) is 0 Å². The van der Waals surface area contributed by atoms with Gasteiger partial charge >= 0.3 is 0 Å². The number of hydrogen-bond donors (Lipinski definition) is 2. The summed E-state index contributed by atoms with van der Waals surface area (Å²) < 4.78 is 25.5. The number of ether oxygens (including phenoxy) is 2. The summed E-state index contributed by atoms with van der Waals surface area (Å²) >= 11 is 5.87. The zero-order valence-electron chi connectivity index (χ0n) is 19.1. The van der Waals surface area contributed by atoms with Gasteiger partial charge < -0.3 is 14.8 Å². The lowest BCUT2D eigenvalue weighted by Gasteiger charge is -2.25. The van der Waals surface area contributed by atoms with Crippen molar-refractivity contribution in [2.75, 3.05) is 18.5 Å². The molecule has 1 aliphatic carbocycles. The fourth-order valence-corrected chi connectivity index (χ4v) is 5.00. The molecular formula is C26H31ClFN3O2. The van der Waals surface area contributed by atoms with E-state index < -0.39 is 0 Å². The predicted octanol–water partition coefficient (Wildman–Crippen LogP) is 5.36. The zero-order valence-corrected chi connectivity index (χ0v) is 19.8. The fourth-order valence-electron chi connectivity index (χ4n) is 4.88. The Morgan fingerprint density at radius 3 is 2.76 bits per heavy atom. The van der Waals surface area contributed by atoms with Gasteiger partial charge in [0.25, 0.3) is 0 Å². The maximum absolute atomic E-state index is 14.0. The van der Waals surface area contributed by atoms with Crippen molar-refractivity contribution in [3.05, 3.63) is 64.1 Å². The summed E-state index contributed by atoms with van der Waals surface area (Å²) in [5.74, 6) is 1.12. The van der Waals surface area contributed by atoms with Crippen LogP contribution in [-0.2, 0) is 15.9 Å². The van der Waals surface area contributed by atoms with Crippen LogP contribution in [0, 0.1) is 17.7 Å². The Labute approximate surface area is 199 Å². The Morgan fingerprint density at radius 1 is 1.18 bits per heavy atom. The maximum atomic E-state index is 14.0. The molecule has 2 fully saturated rings. The maximum Gasteiger partial charge on any atom is 0.142 e. The highest BCUT2D eigenvalue weighted by Crippen LogP contribution is 2.38. The smallest absolute Gasteiger partial charge is 0.142 e. The minimum atomic E-state index is -0.388. The summed E-state index contributed by atoms with van der Waals surface area (Å²) in [5.41, 5.74) is 3.35. The van der Waals surface area contributed by atoms with E-state index in [9.17, 15) is 4.39 Å². The highest BCUT2D eigenvalue weighted by atomic mass is 35.5. The molecule has 5 rings (SSSR count). The Balaban J connectivity index is 1.22. The molecule has 0 saturated carbocycles. The molecule has 176 valence electrons. The minimum absolute atomic E-state index is 0.00824. The zero-order chi connectivity index (χ0) is 22.9. The molecule has 1 aromatic carbocycles. The topological polar surface area (TPSA) is 58.7 Å². The quantitative estimate of drug-likeness (QED) is 0.532. The number of nitrogens with zero attached hydrogens (tertiary/aromatic N) is 1. The highest BCUT2D eigenvalue weighted by Gasteiger charge is 2.46. The molecule has 4 atom stereocenters. The van der Waals surface area contributed by atoms with Gasteiger partial charge in [-0.1, -0.05) is 43.7 Å². The first-order valence-electron chi connectivity index (χ1n) is 11.9. The predicted molar refractivity (Wildman–Crippen MR) is 129 cm³/mol. The lowest BCUT2D eigenvalue weighted by atomic mass is 9.88. The Kier molecular flexibility index (Phi) is 6.70. The van der Waals surface area contributed by atoms with Crippen LogP contribution in [0.5, 0.6) is 0 Å². The summed E-state index contributed by atoms with van der Waals surface area (Å²) in [4.78, 5) is 4.61. The average Bonchev–Trinajstić information content (AvgIpc) is 3.59. The first-order valence-corrected chi connectivity index (χ1v) is 12.2. The Morgan fingerprint density at radius 2 is 2.00 bits per heavy atom. The number of nitrogens with one attached hydrogen (secondary N) is 2. The fraction of sp³-hybridized carbons (Fsp3) is 0.500. The van der Waals surface area contributed by atoms with Gasteiger partial charge in [-0.25, -0.2) is 9.37 Å². The molecule has 0 bridgehead atoms. The first kappa shape index (κ1) is 22.8. The van der Waals surface area contributed by atoms with E-state index in [1.165, 1.54) is 17.2 Å². The van der Waals surface area contributed by atoms with Crippen LogP contribution in [0.4, 0.5) is 10.2 Å². The summed E-state index contributed by atoms with van der Waals surface area (Å²) in [6.07, 6.45) is 9.34. The van der Waals surface area contributed by atoms with Crippen molar-refractivity contribution < 1.29 is 13.9 Å². The van der Waals surface area contributed by atoms with E-state index in [-0.39, 0.29) is 35.1 Å². The molecule has 7 heteroatoms. The van der Waals surface area contributed by atoms with Gasteiger partial charge in [0.15, 0.2) is 0 Å². The molecule has 3 heterocycles. The Bertz CT molecular complexity index is 1020. The molecule has 33 heavy (non-hydrogen) atoms. The summed E-state index contributed by atoms with van der Waals surface area (Å²) in [6, 6.07) is 7.62. The molecule has 0 amide bonds. The minimum Gasteiger partial charge on any atom is -0.381 e. The van der Waals surface area contributed by atoms with Gasteiger partial charge in [0, 0.05) is 37.4 Å². The van der Waals surface area contributed by atoms with Gasteiger partial charge in [0.2, 0.25) is 0 Å². The third-order valence-corrected chi connectivity index (χ3v) is 7.14. The van der Waals surface area contributed by atoms with Crippen molar-refractivity contribution in [1.82, 2.24) is 10.3 Å². The van der Waals surface area contributed by atoms with Crippen LogP contribution in [0.3, 0.4) is 0 Å². The molecule has 0 spiro atoms. The highest BCUT2D eigenvalue weighted by molar-refractivity contribution is 6.30. The van der Waals surface area contributed by atoms with E-state index in [2.05, 4.69) is 47.7 Å². The second kappa shape index (κ2) is 9.71. The molecule has 3 aliphatic rings. The monoisotopic (exact) mass is 471 g/mol. The first-order chi connectivity index (χ1) is 16.0. The lowest BCUT2D eigenvalue weighted by molar-refractivity contribution is 0.0904. The van der Waals surface area contributed by atoms with E-state index in [0.717, 1.165) is 43.9 Å². The summed E-state index contributed by atoms with van der Waals surface area (Å²) in [7, 11) is 0. The van der Waals surface area contributed by atoms with Gasteiger partial charge in [0.05, 0.1) is 5.02 Å². The summed E-state index contributed by atoms with van der Waals surface area (Å²) in [6.45, 7) is 5.86. The molecule has 2 aliphatic heterocycles. The van der Waals surface area contributed by atoms with Crippen LogP contribution in [-0.4, -0.2) is 36.6 Å². The van der Waals surface area contributed by atoms with Crippen LogP contribution in [0.25, 0.3) is 6.08 Å². The third kappa shape index (κ3) is 5.24. The van der Waals surface area contributed by atoms with E-state index in [1.54, 1.807) is 6.07 Å². The van der Waals surface area contributed by atoms with E-state index in [1.807, 2.05) is 12.3 Å². The van der Waals surface area contributed by atoms with E-state index in [0.29, 0.717) is 12.0 Å². The second-order valence-electron chi connectivity index (χ2n) is 9.61. The van der Waals surface area contributed by atoms with Crippen molar-refractivity contribution in [3.63, 3.8) is 0 Å². The van der Waals surface area contributed by atoms with Crippen LogP contribution in [0.2, 0.25) is 5.02 Å². The van der Waals surface area contributed by atoms with Gasteiger partial charge in [0.1, 0.15) is 24.0 Å². The number of anilines is 1. The van der Waals surface area contributed by atoms with Crippen molar-refractivity contribution in [3.8, 4) is 0 Å².